The Morgan fingerprint density at radius 3 is 3.06 bits per heavy atom. The van der Waals surface area contributed by atoms with Crippen LogP contribution in [0.1, 0.15) is 25.0 Å². The Hall–Kier alpha value is -1.42. The van der Waals surface area contributed by atoms with Gasteiger partial charge in [0, 0.05) is 24.4 Å². The molecule has 0 radical (unpaired) electrons. The molecule has 0 aromatic carbocycles. The van der Waals surface area contributed by atoms with Gasteiger partial charge in [0.05, 0.1) is 7.11 Å². The molecule has 0 bridgehead atoms. The first-order chi connectivity index (χ1) is 7.65. The normalized spacial score (nSPS) is 29.0. The van der Waals surface area contributed by atoms with E-state index in [1.54, 1.807) is 6.20 Å². The Balaban J connectivity index is 2.12. The van der Waals surface area contributed by atoms with Crippen LogP contribution in [0.4, 0.5) is 0 Å². The second kappa shape index (κ2) is 4.22. The molecule has 4 heteroatoms. The summed E-state index contributed by atoms with van der Waals surface area (Å²) in [6.07, 6.45) is 2.51. The smallest absolute Gasteiger partial charge is 0.325 e. The van der Waals surface area contributed by atoms with Crippen molar-refractivity contribution < 1.29 is 9.53 Å². The van der Waals surface area contributed by atoms with Crippen molar-refractivity contribution in [1.82, 2.24) is 10.3 Å². The minimum absolute atomic E-state index is 0.203. The summed E-state index contributed by atoms with van der Waals surface area (Å²) in [7, 11) is 1.42. The van der Waals surface area contributed by atoms with Crippen LogP contribution in [-0.2, 0) is 9.53 Å². The maximum atomic E-state index is 11.6. The number of hydrogen-bond acceptors (Lipinski definition) is 4. The number of nitrogens with one attached hydrogen (secondary N) is 1. The molecule has 0 saturated carbocycles. The summed E-state index contributed by atoms with van der Waals surface area (Å²) < 4.78 is 4.80. The zero-order valence-corrected chi connectivity index (χ0v) is 9.56. The summed E-state index contributed by atoms with van der Waals surface area (Å²) in [6, 6.07) is 5.86. The van der Waals surface area contributed by atoms with E-state index in [4.69, 9.17) is 4.74 Å². The lowest BCUT2D eigenvalue weighted by Gasteiger charge is -2.20. The summed E-state index contributed by atoms with van der Waals surface area (Å²) >= 11 is 0. The molecule has 1 aromatic rings. The second-order valence-electron chi connectivity index (χ2n) is 4.36. The fourth-order valence-corrected chi connectivity index (χ4v) is 2.19. The minimum Gasteiger partial charge on any atom is -0.468 e. The summed E-state index contributed by atoms with van der Waals surface area (Å²) in [5.74, 6) is 0.0798. The van der Waals surface area contributed by atoms with Crippen molar-refractivity contribution in [2.24, 2.45) is 0 Å². The topological polar surface area (TPSA) is 51.2 Å². The molecule has 2 heterocycles. The third-order valence-corrected chi connectivity index (χ3v) is 3.14. The van der Waals surface area contributed by atoms with Gasteiger partial charge in [0.1, 0.15) is 5.54 Å². The van der Waals surface area contributed by atoms with Crippen LogP contribution in [-0.4, -0.2) is 30.1 Å². The summed E-state index contributed by atoms with van der Waals surface area (Å²) in [6.45, 7) is 2.64. The lowest BCUT2D eigenvalue weighted by atomic mass is 9.93. The molecule has 1 aliphatic heterocycles. The summed E-state index contributed by atoms with van der Waals surface area (Å²) in [5, 5.41) is 3.22. The molecule has 1 N–H and O–H groups in total. The lowest BCUT2D eigenvalue weighted by Crippen LogP contribution is -2.45. The van der Waals surface area contributed by atoms with Crippen molar-refractivity contribution in [1.29, 1.82) is 0 Å². The van der Waals surface area contributed by atoms with Crippen LogP contribution in [0, 0.1) is 0 Å². The van der Waals surface area contributed by atoms with E-state index < -0.39 is 5.54 Å². The van der Waals surface area contributed by atoms with Crippen LogP contribution in [0.3, 0.4) is 0 Å². The number of aromatic nitrogens is 1. The van der Waals surface area contributed by atoms with Crippen molar-refractivity contribution in [3.8, 4) is 0 Å². The highest BCUT2D eigenvalue weighted by Crippen LogP contribution is 2.31. The Bertz CT molecular complexity index is 380. The highest BCUT2D eigenvalue weighted by molar-refractivity contribution is 5.80. The van der Waals surface area contributed by atoms with Gasteiger partial charge in [-0.25, -0.2) is 0 Å². The van der Waals surface area contributed by atoms with E-state index >= 15 is 0 Å². The van der Waals surface area contributed by atoms with Gasteiger partial charge in [0.2, 0.25) is 0 Å². The SMILES string of the molecule is COC(=O)C1(C)CC(c2ccccn2)CN1. The van der Waals surface area contributed by atoms with Gasteiger partial charge in [0.15, 0.2) is 0 Å². The number of nitrogens with zero attached hydrogens (tertiary/aromatic N) is 1. The molecule has 0 amide bonds. The largest absolute Gasteiger partial charge is 0.468 e. The van der Waals surface area contributed by atoms with Crippen LogP contribution in [0.15, 0.2) is 24.4 Å². The first-order valence-corrected chi connectivity index (χ1v) is 5.40. The molecule has 86 valence electrons. The fraction of sp³-hybridized carbons (Fsp3) is 0.500. The van der Waals surface area contributed by atoms with Gasteiger partial charge in [-0.15, -0.1) is 0 Å². The van der Waals surface area contributed by atoms with Gasteiger partial charge < -0.3 is 10.1 Å². The molecule has 0 spiro atoms. The number of ether oxygens (including phenoxy) is 1. The minimum atomic E-state index is -0.572. The number of methoxy groups -OCH3 is 1. The number of rotatable bonds is 2. The molecule has 1 fully saturated rings. The molecule has 2 rings (SSSR count). The third kappa shape index (κ3) is 1.93. The summed E-state index contributed by atoms with van der Waals surface area (Å²) in [5.41, 5.74) is 0.458. The van der Waals surface area contributed by atoms with E-state index in [0.717, 1.165) is 18.7 Å². The third-order valence-electron chi connectivity index (χ3n) is 3.14. The molecular formula is C12H16N2O2. The van der Waals surface area contributed by atoms with Gasteiger partial charge in [-0.3, -0.25) is 9.78 Å². The van der Waals surface area contributed by atoms with Gasteiger partial charge >= 0.3 is 5.97 Å². The van der Waals surface area contributed by atoms with Crippen molar-refractivity contribution in [3.05, 3.63) is 30.1 Å². The first kappa shape index (κ1) is 11.1. The van der Waals surface area contributed by atoms with Crippen LogP contribution in [0.25, 0.3) is 0 Å². The molecule has 0 aliphatic carbocycles. The van der Waals surface area contributed by atoms with E-state index in [-0.39, 0.29) is 11.9 Å². The monoisotopic (exact) mass is 220 g/mol. The van der Waals surface area contributed by atoms with E-state index in [1.807, 2.05) is 25.1 Å². The van der Waals surface area contributed by atoms with E-state index in [2.05, 4.69) is 10.3 Å². The Kier molecular flexibility index (Phi) is 2.92. The molecule has 1 saturated heterocycles. The average Bonchev–Trinajstić information content (AvgIpc) is 2.73. The van der Waals surface area contributed by atoms with E-state index in [9.17, 15) is 4.79 Å². The molecule has 16 heavy (non-hydrogen) atoms. The maximum absolute atomic E-state index is 11.6. The molecular weight excluding hydrogens is 204 g/mol. The van der Waals surface area contributed by atoms with Crippen LogP contribution in [0.2, 0.25) is 0 Å². The van der Waals surface area contributed by atoms with Crippen LogP contribution in [0.5, 0.6) is 0 Å². The number of carbonyl (C=O) groups excluding carboxylic acids is 1. The number of carbonyl (C=O) groups is 1. The van der Waals surface area contributed by atoms with E-state index in [0.29, 0.717) is 0 Å². The molecule has 2 atom stereocenters. The molecule has 1 aromatic heterocycles. The first-order valence-electron chi connectivity index (χ1n) is 5.40. The average molecular weight is 220 g/mol. The number of esters is 1. The fourth-order valence-electron chi connectivity index (χ4n) is 2.19. The molecule has 4 nitrogen and oxygen atoms in total. The Morgan fingerprint density at radius 2 is 2.44 bits per heavy atom. The zero-order chi connectivity index (χ0) is 11.6. The predicted octanol–water partition coefficient (Wildman–Crippen LogP) is 1.09. The van der Waals surface area contributed by atoms with Crippen molar-refractivity contribution in [3.63, 3.8) is 0 Å². The number of pyridine rings is 1. The summed E-state index contributed by atoms with van der Waals surface area (Å²) in [4.78, 5) is 15.9. The van der Waals surface area contributed by atoms with Gasteiger partial charge in [-0.1, -0.05) is 6.07 Å². The van der Waals surface area contributed by atoms with E-state index in [1.165, 1.54) is 7.11 Å². The van der Waals surface area contributed by atoms with Crippen LogP contribution >= 0.6 is 0 Å². The lowest BCUT2D eigenvalue weighted by molar-refractivity contribution is -0.147. The van der Waals surface area contributed by atoms with Gasteiger partial charge in [0.25, 0.3) is 0 Å². The zero-order valence-electron chi connectivity index (χ0n) is 9.56. The van der Waals surface area contributed by atoms with Crippen molar-refractivity contribution in [2.45, 2.75) is 24.8 Å². The maximum Gasteiger partial charge on any atom is 0.325 e. The Morgan fingerprint density at radius 1 is 1.62 bits per heavy atom. The Labute approximate surface area is 95.0 Å². The van der Waals surface area contributed by atoms with Gasteiger partial charge in [-0.05, 0) is 25.5 Å². The standard InChI is InChI=1S/C12H16N2O2/c1-12(11(15)16-2)7-9(8-14-12)10-5-3-4-6-13-10/h3-6,9,14H,7-8H2,1-2H3. The van der Waals surface area contributed by atoms with Gasteiger partial charge in [-0.2, -0.15) is 0 Å². The van der Waals surface area contributed by atoms with Crippen LogP contribution < -0.4 is 5.32 Å². The van der Waals surface area contributed by atoms with Crippen molar-refractivity contribution >= 4 is 5.97 Å². The predicted molar refractivity (Wildman–Crippen MR) is 60.0 cm³/mol. The second-order valence-corrected chi connectivity index (χ2v) is 4.36. The quantitative estimate of drug-likeness (QED) is 0.758. The highest BCUT2D eigenvalue weighted by Gasteiger charge is 2.42. The molecule has 2 unspecified atom stereocenters. The number of hydrogen-bond donors (Lipinski definition) is 1. The highest BCUT2D eigenvalue weighted by atomic mass is 16.5. The molecule has 1 aliphatic rings. The van der Waals surface area contributed by atoms with Crippen molar-refractivity contribution in [2.75, 3.05) is 13.7 Å².